The zero-order valence-electron chi connectivity index (χ0n) is 10.1. The number of benzene rings is 1. The fourth-order valence-corrected chi connectivity index (χ4v) is 2.39. The highest BCUT2D eigenvalue weighted by Gasteiger charge is 2.31. The highest BCUT2D eigenvalue weighted by Crippen LogP contribution is 2.26. The summed E-state index contributed by atoms with van der Waals surface area (Å²) in [5.41, 5.74) is 1.09. The molecule has 0 saturated heterocycles. The second-order valence-corrected chi connectivity index (χ2v) is 4.75. The maximum Gasteiger partial charge on any atom is 0.226 e. The second kappa shape index (κ2) is 5.32. The van der Waals surface area contributed by atoms with Gasteiger partial charge >= 0.3 is 0 Å². The molecular weight excluding hydrogens is 214 g/mol. The van der Waals surface area contributed by atoms with E-state index in [2.05, 4.69) is 5.32 Å². The third-order valence-electron chi connectivity index (χ3n) is 3.47. The van der Waals surface area contributed by atoms with Crippen molar-refractivity contribution in [2.45, 2.75) is 38.3 Å². The Balaban J connectivity index is 1.95. The van der Waals surface area contributed by atoms with E-state index in [0.29, 0.717) is 0 Å². The SMILES string of the molecule is CC(NC(=O)C1CCCC1O)c1ccccc1. The lowest BCUT2D eigenvalue weighted by atomic mass is 10.0. The summed E-state index contributed by atoms with van der Waals surface area (Å²) >= 11 is 0. The Kier molecular flexibility index (Phi) is 3.79. The average molecular weight is 233 g/mol. The number of aliphatic hydroxyl groups is 1. The third-order valence-corrected chi connectivity index (χ3v) is 3.47. The van der Waals surface area contributed by atoms with E-state index < -0.39 is 6.10 Å². The van der Waals surface area contributed by atoms with Crippen molar-refractivity contribution in [2.75, 3.05) is 0 Å². The Morgan fingerprint density at radius 1 is 1.35 bits per heavy atom. The van der Waals surface area contributed by atoms with E-state index in [0.717, 1.165) is 24.8 Å². The number of carbonyl (C=O) groups excluding carboxylic acids is 1. The Bertz CT molecular complexity index is 377. The van der Waals surface area contributed by atoms with Gasteiger partial charge in [-0.2, -0.15) is 0 Å². The average Bonchev–Trinajstić information content (AvgIpc) is 2.76. The van der Waals surface area contributed by atoms with E-state index in [4.69, 9.17) is 0 Å². The predicted molar refractivity (Wildman–Crippen MR) is 66.3 cm³/mol. The van der Waals surface area contributed by atoms with E-state index in [1.165, 1.54) is 0 Å². The quantitative estimate of drug-likeness (QED) is 0.839. The number of nitrogens with one attached hydrogen (secondary N) is 1. The van der Waals surface area contributed by atoms with Crippen molar-refractivity contribution in [3.05, 3.63) is 35.9 Å². The monoisotopic (exact) mass is 233 g/mol. The fraction of sp³-hybridized carbons (Fsp3) is 0.500. The number of rotatable bonds is 3. The van der Waals surface area contributed by atoms with Crippen LogP contribution in [0.25, 0.3) is 0 Å². The summed E-state index contributed by atoms with van der Waals surface area (Å²) in [5.74, 6) is -0.243. The number of hydrogen-bond acceptors (Lipinski definition) is 2. The lowest BCUT2D eigenvalue weighted by Crippen LogP contribution is -2.36. The van der Waals surface area contributed by atoms with Crippen LogP contribution in [0.15, 0.2) is 30.3 Å². The van der Waals surface area contributed by atoms with Gasteiger partial charge in [0.15, 0.2) is 0 Å². The van der Waals surface area contributed by atoms with Gasteiger partial charge in [0.05, 0.1) is 18.1 Å². The van der Waals surface area contributed by atoms with Gasteiger partial charge in [-0.1, -0.05) is 30.3 Å². The Morgan fingerprint density at radius 3 is 2.65 bits per heavy atom. The summed E-state index contributed by atoms with van der Waals surface area (Å²) < 4.78 is 0. The van der Waals surface area contributed by atoms with Gasteiger partial charge in [-0.25, -0.2) is 0 Å². The van der Waals surface area contributed by atoms with Crippen LogP contribution in [0.3, 0.4) is 0 Å². The maximum absolute atomic E-state index is 12.0. The first-order valence-electron chi connectivity index (χ1n) is 6.22. The molecule has 0 aromatic heterocycles. The van der Waals surface area contributed by atoms with E-state index in [-0.39, 0.29) is 17.9 Å². The minimum absolute atomic E-state index is 0.00324. The molecule has 17 heavy (non-hydrogen) atoms. The molecule has 1 aromatic carbocycles. The van der Waals surface area contributed by atoms with Gasteiger partial charge < -0.3 is 10.4 Å². The minimum Gasteiger partial charge on any atom is -0.392 e. The molecule has 0 heterocycles. The first-order valence-corrected chi connectivity index (χ1v) is 6.22. The molecule has 0 aliphatic heterocycles. The first-order chi connectivity index (χ1) is 8.18. The van der Waals surface area contributed by atoms with Crippen molar-refractivity contribution >= 4 is 5.91 Å². The molecule has 1 saturated carbocycles. The largest absolute Gasteiger partial charge is 0.392 e. The van der Waals surface area contributed by atoms with Crippen molar-refractivity contribution in [3.63, 3.8) is 0 Å². The maximum atomic E-state index is 12.0. The van der Waals surface area contributed by atoms with Crippen LogP contribution in [-0.4, -0.2) is 17.1 Å². The number of aliphatic hydroxyl groups excluding tert-OH is 1. The van der Waals surface area contributed by atoms with E-state index in [1.807, 2.05) is 37.3 Å². The smallest absolute Gasteiger partial charge is 0.226 e. The Hall–Kier alpha value is -1.35. The van der Waals surface area contributed by atoms with Crippen molar-refractivity contribution in [3.8, 4) is 0 Å². The van der Waals surface area contributed by atoms with Crippen LogP contribution in [0.2, 0.25) is 0 Å². The van der Waals surface area contributed by atoms with Gasteiger partial charge in [0.1, 0.15) is 0 Å². The van der Waals surface area contributed by atoms with Gasteiger partial charge in [-0.3, -0.25) is 4.79 Å². The molecule has 92 valence electrons. The molecule has 3 heteroatoms. The highest BCUT2D eigenvalue weighted by atomic mass is 16.3. The molecule has 0 radical (unpaired) electrons. The standard InChI is InChI=1S/C14H19NO2/c1-10(11-6-3-2-4-7-11)15-14(17)12-8-5-9-13(12)16/h2-4,6-7,10,12-13,16H,5,8-9H2,1H3,(H,15,17). The molecule has 1 fully saturated rings. The van der Waals surface area contributed by atoms with Gasteiger partial charge in [0, 0.05) is 0 Å². The van der Waals surface area contributed by atoms with Crippen LogP contribution in [0.4, 0.5) is 0 Å². The summed E-state index contributed by atoms with van der Waals surface area (Å²) in [6.07, 6.45) is 2.03. The Labute approximate surface area is 102 Å². The van der Waals surface area contributed by atoms with E-state index in [9.17, 15) is 9.90 Å². The molecule has 3 unspecified atom stereocenters. The lowest BCUT2D eigenvalue weighted by Gasteiger charge is -2.19. The van der Waals surface area contributed by atoms with E-state index in [1.54, 1.807) is 0 Å². The van der Waals surface area contributed by atoms with Crippen LogP contribution >= 0.6 is 0 Å². The topological polar surface area (TPSA) is 49.3 Å². The van der Waals surface area contributed by atoms with Crippen molar-refractivity contribution in [1.82, 2.24) is 5.32 Å². The van der Waals surface area contributed by atoms with Gasteiger partial charge in [-0.15, -0.1) is 0 Å². The Morgan fingerprint density at radius 2 is 2.06 bits per heavy atom. The molecule has 1 aliphatic rings. The summed E-state index contributed by atoms with van der Waals surface area (Å²) in [7, 11) is 0. The number of carbonyl (C=O) groups is 1. The van der Waals surface area contributed by atoms with E-state index >= 15 is 0 Å². The zero-order valence-corrected chi connectivity index (χ0v) is 10.1. The van der Waals surface area contributed by atoms with Gasteiger partial charge in [0.2, 0.25) is 5.91 Å². The van der Waals surface area contributed by atoms with Crippen LogP contribution in [-0.2, 0) is 4.79 Å². The molecule has 2 N–H and O–H groups in total. The summed E-state index contributed by atoms with van der Waals surface area (Å²) in [4.78, 5) is 12.0. The normalized spacial score (nSPS) is 25.5. The first kappa shape index (κ1) is 12.1. The van der Waals surface area contributed by atoms with Crippen LogP contribution in [0.1, 0.15) is 37.8 Å². The predicted octanol–water partition coefficient (Wildman–Crippen LogP) is 2.02. The second-order valence-electron chi connectivity index (χ2n) is 4.75. The molecule has 1 aliphatic carbocycles. The molecule has 1 aromatic rings. The molecule has 3 atom stereocenters. The summed E-state index contributed by atoms with van der Waals surface area (Å²) in [6, 6.07) is 9.87. The molecule has 1 amide bonds. The number of hydrogen-bond donors (Lipinski definition) is 2. The molecule has 0 spiro atoms. The van der Waals surface area contributed by atoms with Crippen molar-refractivity contribution in [1.29, 1.82) is 0 Å². The molecule has 2 rings (SSSR count). The van der Waals surface area contributed by atoms with Gasteiger partial charge in [-0.05, 0) is 31.7 Å². The zero-order chi connectivity index (χ0) is 12.3. The lowest BCUT2D eigenvalue weighted by molar-refractivity contribution is -0.128. The highest BCUT2D eigenvalue weighted by molar-refractivity contribution is 5.80. The van der Waals surface area contributed by atoms with Gasteiger partial charge in [0.25, 0.3) is 0 Å². The van der Waals surface area contributed by atoms with Crippen molar-refractivity contribution < 1.29 is 9.90 Å². The third kappa shape index (κ3) is 2.86. The molecular formula is C14H19NO2. The number of amides is 1. The minimum atomic E-state index is -0.460. The van der Waals surface area contributed by atoms with Crippen LogP contribution < -0.4 is 5.32 Å². The fourth-order valence-electron chi connectivity index (χ4n) is 2.39. The summed E-state index contributed by atoms with van der Waals surface area (Å²) in [6.45, 7) is 1.97. The molecule has 3 nitrogen and oxygen atoms in total. The molecule has 0 bridgehead atoms. The summed E-state index contributed by atoms with van der Waals surface area (Å²) in [5, 5.41) is 12.7. The van der Waals surface area contributed by atoms with Crippen LogP contribution in [0, 0.1) is 5.92 Å². The van der Waals surface area contributed by atoms with Crippen molar-refractivity contribution in [2.24, 2.45) is 5.92 Å². The van der Waals surface area contributed by atoms with Crippen LogP contribution in [0.5, 0.6) is 0 Å².